The van der Waals surface area contributed by atoms with Gasteiger partial charge in [-0.05, 0) is 48.4 Å². The van der Waals surface area contributed by atoms with Crippen molar-refractivity contribution >= 4 is 50.5 Å². The van der Waals surface area contributed by atoms with E-state index in [9.17, 15) is 13.2 Å². The zero-order valence-electron chi connectivity index (χ0n) is 12.4. The second-order valence-electron chi connectivity index (χ2n) is 5.05. The van der Waals surface area contributed by atoms with Crippen LogP contribution in [0.15, 0.2) is 47.4 Å². The minimum absolute atomic E-state index is 0.0581. The van der Waals surface area contributed by atoms with Crippen LogP contribution in [-0.2, 0) is 21.1 Å². The molecule has 0 aliphatic heterocycles. The van der Waals surface area contributed by atoms with Crippen LogP contribution in [0.3, 0.4) is 0 Å². The first-order valence-corrected chi connectivity index (χ1v) is 9.75. The number of hydrogen-bond donors (Lipinski definition) is 1. The fourth-order valence-electron chi connectivity index (χ4n) is 2.01. The molecule has 0 aromatic heterocycles. The lowest BCUT2D eigenvalue weighted by molar-refractivity contribution is -0.118. The van der Waals surface area contributed by atoms with Crippen molar-refractivity contribution in [1.29, 1.82) is 0 Å². The summed E-state index contributed by atoms with van der Waals surface area (Å²) in [5.41, 5.74) is 0.821. The van der Waals surface area contributed by atoms with Gasteiger partial charge in [-0.25, -0.2) is 8.42 Å². The van der Waals surface area contributed by atoms with E-state index in [1.807, 2.05) is 0 Å². The minimum Gasteiger partial charge on any atom is -0.355 e. The van der Waals surface area contributed by atoms with E-state index in [1.165, 1.54) is 24.3 Å². The number of halogens is 3. The van der Waals surface area contributed by atoms with Gasteiger partial charge in [-0.3, -0.25) is 4.79 Å². The van der Waals surface area contributed by atoms with Gasteiger partial charge in [0.1, 0.15) is 5.75 Å². The Morgan fingerprint density at radius 1 is 0.958 bits per heavy atom. The molecule has 0 bridgehead atoms. The predicted molar refractivity (Wildman–Crippen MR) is 96.7 cm³/mol. The molecule has 0 unspecified atom stereocenters. The number of benzene rings is 2. The molecule has 1 amide bonds. The third kappa shape index (κ3) is 5.38. The molecule has 0 aliphatic rings. The van der Waals surface area contributed by atoms with Crippen molar-refractivity contribution in [2.45, 2.75) is 11.3 Å². The van der Waals surface area contributed by atoms with Crippen LogP contribution in [0.5, 0.6) is 0 Å². The fourth-order valence-corrected chi connectivity index (χ4v) is 3.80. The highest BCUT2D eigenvalue weighted by atomic mass is 35.5. The van der Waals surface area contributed by atoms with E-state index in [4.69, 9.17) is 34.8 Å². The topological polar surface area (TPSA) is 63.2 Å². The second kappa shape index (κ2) is 8.21. The van der Waals surface area contributed by atoms with Gasteiger partial charge in [0.15, 0.2) is 9.84 Å². The monoisotopic (exact) mass is 405 g/mol. The standard InChI is InChI=1S/C16H14Cl3NO3S/c17-12-3-5-14(6-4-12)24(22,23)10-16(21)20-8-7-11-1-2-13(18)9-15(11)19/h1-6,9H,7-8,10H2,(H,20,21). The van der Waals surface area contributed by atoms with Gasteiger partial charge < -0.3 is 5.32 Å². The van der Waals surface area contributed by atoms with E-state index in [0.717, 1.165) is 5.56 Å². The normalized spacial score (nSPS) is 11.3. The van der Waals surface area contributed by atoms with E-state index in [-0.39, 0.29) is 11.4 Å². The van der Waals surface area contributed by atoms with Gasteiger partial charge in [0.25, 0.3) is 0 Å². The van der Waals surface area contributed by atoms with E-state index in [0.29, 0.717) is 21.5 Å². The summed E-state index contributed by atoms with van der Waals surface area (Å²) in [6.45, 7) is 0.274. The van der Waals surface area contributed by atoms with E-state index in [2.05, 4.69) is 5.32 Å². The Morgan fingerprint density at radius 2 is 1.58 bits per heavy atom. The highest BCUT2D eigenvalue weighted by Gasteiger charge is 2.19. The van der Waals surface area contributed by atoms with Gasteiger partial charge in [0.2, 0.25) is 5.91 Å². The van der Waals surface area contributed by atoms with E-state index >= 15 is 0 Å². The average molecular weight is 407 g/mol. The van der Waals surface area contributed by atoms with Gasteiger partial charge in [0.05, 0.1) is 4.90 Å². The Hall–Kier alpha value is -1.27. The minimum atomic E-state index is -3.70. The SMILES string of the molecule is O=C(CS(=O)(=O)c1ccc(Cl)cc1)NCCc1ccc(Cl)cc1Cl. The zero-order chi connectivity index (χ0) is 17.7. The molecular formula is C16H14Cl3NO3S. The lowest BCUT2D eigenvalue weighted by Crippen LogP contribution is -2.31. The lowest BCUT2D eigenvalue weighted by atomic mass is 10.1. The number of amides is 1. The van der Waals surface area contributed by atoms with Crippen molar-refractivity contribution < 1.29 is 13.2 Å². The average Bonchev–Trinajstić information content (AvgIpc) is 2.49. The molecule has 0 heterocycles. The molecule has 8 heteroatoms. The molecular weight excluding hydrogens is 393 g/mol. The van der Waals surface area contributed by atoms with Crippen LogP contribution in [0.2, 0.25) is 15.1 Å². The largest absolute Gasteiger partial charge is 0.355 e. The van der Waals surface area contributed by atoms with Gasteiger partial charge in [-0.1, -0.05) is 40.9 Å². The molecule has 0 spiro atoms. The number of nitrogens with one attached hydrogen (secondary N) is 1. The third-order valence-corrected chi connectivity index (χ3v) is 5.70. The maximum absolute atomic E-state index is 12.1. The number of sulfone groups is 1. The van der Waals surface area contributed by atoms with Crippen molar-refractivity contribution in [3.63, 3.8) is 0 Å². The summed E-state index contributed by atoms with van der Waals surface area (Å²) in [5.74, 6) is -1.20. The molecule has 0 saturated heterocycles. The van der Waals surface area contributed by atoms with Gasteiger partial charge >= 0.3 is 0 Å². The highest BCUT2D eigenvalue weighted by Crippen LogP contribution is 2.21. The van der Waals surface area contributed by atoms with Gasteiger partial charge in [-0.15, -0.1) is 0 Å². The van der Waals surface area contributed by atoms with Crippen LogP contribution >= 0.6 is 34.8 Å². The summed E-state index contributed by atoms with van der Waals surface area (Å²) >= 11 is 17.6. The summed E-state index contributed by atoms with van der Waals surface area (Å²) < 4.78 is 24.3. The van der Waals surface area contributed by atoms with Crippen molar-refractivity contribution in [1.82, 2.24) is 5.32 Å². The maximum Gasteiger partial charge on any atom is 0.235 e. The first-order chi connectivity index (χ1) is 11.3. The molecule has 2 aromatic rings. The molecule has 0 saturated carbocycles. The van der Waals surface area contributed by atoms with Crippen LogP contribution in [0.4, 0.5) is 0 Å². The molecule has 0 fully saturated rings. The Bertz CT molecular complexity index is 836. The van der Waals surface area contributed by atoms with Gasteiger partial charge in [0, 0.05) is 21.6 Å². The Kier molecular flexibility index (Phi) is 6.52. The van der Waals surface area contributed by atoms with Gasteiger partial charge in [-0.2, -0.15) is 0 Å². The first kappa shape index (κ1) is 19.1. The predicted octanol–water partition coefficient (Wildman–Crippen LogP) is 3.78. The number of rotatable bonds is 6. The van der Waals surface area contributed by atoms with Crippen molar-refractivity contribution in [3.8, 4) is 0 Å². The Labute approximate surface area is 155 Å². The first-order valence-electron chi connectivity index (χ1n) is 6.97. The van der Waals surface area contributed by atoms with Crippen LogP contribution in [0.1, 0.15) is 5.56 Å². The number of carbonyl (C=O) groups is 1. The summed E-state index contributed by atoms with van der Waals surface area (Å²) in [6, 6.07) is 10.8. The van der Waals surface area contributed by atoms with Crippen molar-refractivity contribution in [3.05, 3.63) is 63.1 Å². The third-order valence-electron chi connectivity index (χ3n) is 3.23. The lowest BCUT2D eigenvalue weighted by Gasteiger charge is -2.08. The molecule has 2 aromatic carbocycles. The van der Waals surface area contributed by atoms with Crippen LogP contribution in [0, 0.1) is 0 Å². The molecule has 0 atom stereocenters. The molecule has 0 aliphatic carbocycles. The quantitative estimate of drug-likeness (QED) is 0.794. The molecule has 1 N–H and O–H groups in total. The maximum atomic E-state index is 12.1. The van der Waals surface area contributed by atoms with E-state index in [1.54, 1.807) is 18.2 Å². The number of carbonyl (C=O) groups excluding carboxylic acids is 1. The van der Waals surface area contributed by atoms with Crippen molar-refractivity contribution in [2.24, 2.45) is 0 Å². The fraction of sp³-hybridized carbons (Fsp3) is 0.188. The molecule has 24 heavy (non-hydrogen) atoms. The molecule has 0 radical (unpaired) electrons. The summed E-state index contributed by atoms with van der Waals surface area (Å²) in [5, 5.41) is 4.04. The number of hydrogen-bond acceptors (Lipinski definition) is 3. The Morgan fingerprint density at radius 3 is 2.21 bits per heavy atom. The highest BCUT2D eigenvalue weighted by molar-refractivity contribution is 7.92. The summed E-state index contributed by atoms with van der Waals surface area (Å²) in [4.78, 5) is 11.9. The van der Waals surface area contributed by atoms with Crippen LogP contribution < -0.4 is 5.32 Å². The van der Waals surface area contributed by atoms with Crippen LogP contribution in [0.25, 0.3) is 0 Å². The zero-order valence-corrected chi connectivity index (χ0v) is 15.5. The molecule has 4 nitrogen and oxygen atoms in total. The summed E-state index contributed by atoms with van der Waals surface area (Å²) in [7, 11) is -3.70. The summed E-state index contributed by atoms with van der Waals surface area (Å²) in [6.07, 6.45) is 0.475. The van der Waals surface area contributed by atoms with E-state index < -0.39 is 21.5 Å². The van der Waals surface area contributed by atoms with Crippen LogP contribution in [-0.4, -0.2) is 26.6 Å². The van der Waals surface area contributed by atoms with Crippen molar-refractivity contribution in [2.75, 3.05) is 12.3 Å². The molecule has 128 valence electrons. The molecule has 2 rings (SSSR count). The Balaban J connectivity index is 1.90. The smallest absolute Gasteiger partial charge is 0.235 e. The second-order valence-corrected chi connectivity index (χ2v) is 8.32.